The third-order valence-electron chi connectivity index (χ3n) is 2.09. The molecule has 1 heterocycles. The summed E-state index contributed by atoms with van der Waals surface area (Å²) in [4.78, 5) is 4.04. The Bertz CT molecular complexity index is 267. The van der Waals surface area contributed by atoms with Crippen molar-refractivity contribution in [2.24, 2.45) is 5.73 Å². The predicted octanol–water partition coefficient (Wildman–Crippen LogP) is 2.61. The first kappa shape index (κ1) is 10.9. The molecule has 2 nitrogen and oxygen atoms in total. The minimum atomic E-state index is 0.299. The summed E-state index contributed by atoms with van der Waals surface area (Å²) in [7, 11) is 0. The summed E-state index contributed by atoms with van der Waals surface area (Å²) in [6.45, 7) is 2.16. The number of aromatic nitrogens is 1. The topological polar surface area (TPSA) is 38.9 Å². The highest BCUT2D eigenvalue weighted by Crippen LogP contribution is 2.03. The number of rotatable bonds is 5. The minimum absolute atomic E-state index is 0.299. The van der Waals surface area contributed by atoms with Gasteiger partial charge in [0, 0.05) is 18.4 Å². The van der Waals surface area contributed by atoms with E-state index in [0.29, 0.717) is 6.04 Å². The Balaban J connectivity index is 2.34. The van der Waals surface area contributed by atoms with Crippen molar-refractivity contribution >= 4 is 6.08 Å². The van der Waals surface area contributed by atoms with E-state index in [1.54, 1.807) is 6.20 Å². The Kier molecular flexibility index (Phi) is 4.94. The molecule has 1 atom stereocenters. The van der Waals surface area contributed by atoms with E-state index in [1.807, 2.05) is 18.3 Å². The molecule has 0 aliphatic carbocycles. The van der Waals surface area contributed by atoms with Crippen molar-refractivity contribution in [1.82, 2.24) is 4.98 Å². The van der Waals surface area contributed by atoms with Gasteiger partial charge in [0.15, 0.2) is 0 Å². The number of pyridine rings is 1. The SMILES string of the molecule is CCCC(N)C/C=C\c1cccnc1. The Morgan fingerprint density at radius 3 is 3.07 bits per heavy atom. The van der Waals surface area contributed by atoms with Gasteiger partial charge >= 0.3 is 0 Å². The van der Waals surface area contributed by atoms with Gasteiger partial charge in [-0.15, -0.1) is 0 Å². The van der Waals surface area contributed by atoms with Crippen molar-refractivity contribution in [3.8, 4) is 0 Å². The summed E-state index contributed by atoms with van der Waals surface area (Å²) < 4.78 is 0. The second-order valence-electron chi connectivity index (χ2n) is 3.47. The van der Waals surface area contributed by atoms with Crippen LogP contribution >= 0.6 is 0 Å². The van der Waals surface area contributed by atoms with Crippen molar-refractivity contribution in [2.45, 2.75) is 32.2 Å². The molecule has 1 aromatic heterocycles. The quantitative estimate of drug-likeness (QED) is 0.775. The van der Waals surface area contributed by atoms with Crippen molar-refractivity contribution < 1.29 is 0 Å². The maximum absolute atomic E-state index is 5.88. The maximum Gasteiger partial charge on any atom is 0.0340 e. The maximum atomic E-state index is 5.88. The van der Waals surface area contributed by atoms with E-state index in [2.05, 4.69) is 24.1 Å². The Morgan fingerprint density at radius 2 is 2.43 bits per heavy atom. The van der Waals surface area contributed by atoms with Crippen molar-refractivity contribution in [3.63, 3.8) is 0 Å². The van der Waals surface area contributed by atoms with Crippen LogP contribution < -0.4 is 5.73 Å². The summed E-state index contributed by atoms with van der Waals surface area (Å²) in [6, 6.07) is 4.27. The summed E-state index contributed by atoms with van der Waals surface area (Å²) >= 11 is 0. The second kappa shape index (κ2) is 6.33. The molecule has 14 heavy (non-hydrogen) atoms. The van der Waals surface area contributed by atoms with Crippen LogP contribution in [-0.2, 0) is 0 Å². The average Bonchev–Trinajstić information content (AvgIpc) is 2.20. The number of hydrogen-bond acceptors (Lipinski definition) is 2. The van der Waals surface area contributed by atoms with Crippen LogP contribution in [0.4, 0.5) is 0 Å². The van der Waals surface area contributed by atoms with Crippen LogP contribution in [0.15, 0.2) is 30.6 Å². The molecule has 0 radical (unpaired) electrons. The Hall–Kier alpha value is -1.15. The molecule has 0 amide bonds. The van der Waals surface area contributed by atoms with E-state index in [0.717, 1.165) is 24.8 Å². The molecule has 0 aliphatic rings. The molecule has 2 N–H and O–H groups in total. The lowest BCUT2D eigenvalue weighted by atomic mass is 10.1. The fourth-order valence-electron chi connectivity index (χ4n) is 1.34. The van der Waals surface area contributed by atoms with Crippen LogP contribution in [0.3, 0.4) is 0 Å². The zero-order valence-corrected chi connectivity index (χ0v) is 8.69. The predicted molar refractivity (Wildman–Crippen MR) is 60.8 cm³/mol. The number of hydrogen-bond donors (Lipinski definition) is 1. The van der Waals surface area contributed by atoms with Crippen LogP contribution in [-0.4, -0.2) is 11.0 Å². The third-order valence-corrected chi connectivity index (χ3v) is 2.09. The molecule has 0 saturated heterocycles. The Labute approximate surface area is 85.9 Å². The largest absolute Gasteiger partial charge is 0.327 e. The van der Waals surface area contributed by atoms with Gasteiger partial charge in [0.25, 0.3) is 0 Å². The Morgan fingerprint density at radius 1 is 1.57 bits per heavy atom. The van der Waals surface area contributed by atoms with E-state index in [9.17, 15) is 0 Å². The first-order chi connectivity index (χ1) is 6.83. The minimum Gasteiger partial charge on any atom is -0.327 e. The molecule has 0 fully saturated rings. The van der Waals surface area contributed by atoms with Crippen LogP contribution in [0.1, 0.15) is 31.7 Å². The van der Waals surface area contributed by atoms with Crippen molar-refractivity contribution in [3.05, 3.63) is 36.2 Å². The second-order valence-corrected chi connectivity index (χ2v) is 3.47. The molecule has 2 heteroatoms. The van der Waals surface area contributed by atoms with Gasteiger partial charge < -0.3 is 5.73 Å². The lowest BCUT2D eigenvalue weighted by molar-refractivity contribution is 0.611. The summed E-state index contributed by atoms with van der Waals surface area (Å²) in [6.07, 6.45) is 11.0. The molecular formula is C12H18N2. The molecule has 0 aliphatic heterocycles. The fraction of sp³-hybridized carbons (Fsp3) is 0.417. The smallest absolute Gasteiger partial charge is 0.0340 e. The van der Waals surface area contributed by atoms with Gasteiger partial charge in [-0.3, -0.25) is 4.98 Å². The van der Waals surface area contributed by atoms with E-state index in [4.69, 9.17) is 5.73 Å². The van der Waals surface area contributed by atoms with Crippen LogP contribution in [0.5, 0.6) is 0 Å². The number of nitrogens with zero attached hydrogens (tertiary/aromatic N) is 1. The normalized spacial score (nSPS) is 13.3. The van der Waals surface area contributed by atoms with Crippen LogP contribution in [0.25, 0.3) is 6.08 Å². The van der Waals surface area contributed by atoms with E-state index in [-0.39, 0.29) is 0 Å². The third kappa shape index (κ3) is 4.19. The van der Waals surface area contributed by atoms with Crippen LogP contribution in [0.2, 0.25) is 0 Å². The van der Waals surface area contributed by atoms with Gasteiger partial charge in [-0.2, -0.15) is 0 Å². The van der Waals surface area contributed by atoms with Gasteiger partial charge in [-0.05, 0) is 24.5 Å². The summed E-state index contributed by atoms with van der Waals surface area (Å²) in [5, 5.41) is 0. The van der Waals surface area contributed by atoms with Gasteiger partial charge in [-0.25, -0.2) is 0 Å². The highest BCUT2D eigenvalue weighted by molar-refractivity contribution is 5.47. The molecule has 0 saturated carbocycles. The van der Waals surface area contributed by atoms with Gasteiger partial charge in [0.1, 0.15) is 0 Å². The standard InChI is InChI=1S/C12H18N2/c1-2-5-12(13)8-3-6-11-7-4-9-14-10-11/h3-4,6-7,9-10,12H,2,5,8,13H2,1H3/b6-3-. The summed E-state index contributed by atoms with van der Waals surface area (Å²) in [5.41, 5.74) is 7.02. The zero-order chi connectivity index (χ0) is 10.2. The molecule has 0 bridgehead atoms. The van der Waals surface area contributed by atoms with Gasteiger partial charge in [-0.1, -0.05) is 31.6 Å². The van der Waals surface area contributed by atoms with Crippen LogP contribution in [0, 0.1) is 0 Å². The highest BCUT2D eigenvalue weighted by Gasteiger charge is 1.96. The fourth-order valence-corrected chi connectivity index (χ4v) is 1.34. The molecule has 1 unspecified atom stereocenters. The van der Waals surface area contributed by atoms with Crippen molar-refractivity contribution in [1.29, 1.82) is 0 Å². The van der Waals surface area contributed by atoms with E-state index < -0.39 is 0 Å². The monoisotopic (exact) mass is 190 g/mol. The zero-order valence-electron chi connectivity index (χ0n) is 8.69. The molecule has 0 aromatic carbocycles. The summed E-state index contributed by atoms with van der Waals surface area (Å²) in [5.74, 6) is 0. The molecule has 0 spiro atoms. The van der Waals surface area contributed by atoms with E-state index >= 15 is 0 Å². The molecule has 1 aromatic rings. The molecule has 1 rings (SSSR count). The lowest BCUT2D eigenvalue weighted by Gasteiger charge is -2.05. The lowest BCUT2D eigenvalue weighted by Crippen LogP contribution is -2.17. The van der Waals surface area contributed by atoms with E-state index in [1.165, 1.54) is 0 Å². The molecular weight excluding hydrogens is 172 g/mol. The molecule has 76 valence electrons. The first-order valence-corrected chi connectivity index (χ1v) is 5.15. The van der Waals surface area contributed by atoms with Gasteiger partial charge in [0.2, 0.25) is 0 Å². The highest BCUT2D eigenvalue weighted by atomic mass is 14.6. The first-order valence-electron chi connectivity index (χ1n) is 5.15. The van der Waals surface area contributed by atoms with Gasteiger partial charge in [0.05, 0.1) is 0 Å². The average molecular weight is 190 g/mol. The number of nitrogens with two attached hydrogens (primary N) is 1. The van der Waals surface area contributed by atoms with Crippen molar-refractivity contribution in [2.75, 3.05) is 0 Å².